The summed E-state index contributed by atoms with van der Waals surface area (Å²) in [5.74, 6) is 0.909. The molecule has 1 saturated heterocycles. The van der Waals surface area contributed by atoms with Crippen molar-refractivity contribution in [3.63, 3.8) is 0 Å². The van der Waals surface area contributed by atoms with Gasteiger partial charge in [-0.1, -0.05) is 6.07 Å². The molecule has 1 N–H and O–H groups in total. The van der Waals surface area contributed by atoms with Crippen molar-refractivity contribution in [1.29, 1.82) is 5.26 Å². The van der Waals surface area contributed by atoms with Gasteiger partial charge in [-0.3, -0.25) is 0 Å². The number of nitrogens with zero attached hydrogens (tertiary/aromatic N) is 4. The lowest BCUT2D eigenvalue weighted by atomic mass is 10.1. The van der Waals surface area contributed by atoms with Gasteiger partial charge in [0.15, 0.2) is 5.11 Å². The quantitative estimate of drug-likeness (QED) is 0.839. The molecule has 1 fully saturated rings. The number of piperazine rings is 1. The number of aromatic nitrogens is 1. The van der Waals surface area contributed by atoms with Crippen molar-refractivity contribution in [2.45, 2.75) is 13.8 Å². The van der Waals surface area contributed by atoms with Crippen molar-refractivity contribution in [3.05, 3.63) is 53.2 Å². The van der Waals surface area contributed by atoms with Crippen molar-refractivity contribution in [2.75, 3.05) is 36.4 Å². The summed E-state index contributed by atoms with van der Waals surface area (Å²) in [5.41, 5.74) is 4.15. The van der Waals surface area contributed by atoms with Crippen molar-refractivity contribution >= 4 is 28.8 Å². The standard InChI is InChI=1S/C19H21N5S/c1-14-3-5-17(11-15(14)2)22-19(25)24-9-7-23(8-10-24)18-6-4-16(12-20)13-21-18/h3-6,11,13H,7-10H2,1-2H3,(H,22,25). The highest BCUT2D eigenvalue weighted by molar-refractivity contribution is 7.80. The molecule has 3 rings (SSSR count). The van der Waals surface area contributed by atoms with Gasteiger partial charge >= 0.3 is 0 Å². The fourth-order valence-electron chi connectivity index (χ4n) is 2.80. The molecular formula is C19H21N5S. The van der Waals surface area contributed by atoms with Crippen LogP contribution in [0.1, 0.15) is 16.7 Å². The Bertz CT molecular complexity index is 802. The third-order valence-electron chi connectivity index (χ3n) is 4.53. The van der Waals surface area contributed by atoms with E-state index in [9.17, 15) is 0 Å². The van der Waals surface area contributed by atoms with Crippen LogP contribution in [0.15, 0.2) is 36.5 Å². The Morgan fingerprint density at radius 1 is 1.12 bits per heavy atom. The maximum Gasteiger partial charge on any atom is 0.173 e. The predicted octanol–water partition coefficient (Wildman–Crippen LogP) is 3.09. The lowest BCUT2D eigenvalue weighted by Gasteiger charge is -2.36. The first-order chi connectivity index (χ1) is 12.1. The van der Waals surface area contributed by atoms with Crippen LogP contribution in [-0.4, -0.2) is 41.2 Å². The lowest BCUT2D eigenvalue weighted by Crippen LogP contribution is -2.50. The van der Waals surface area contributed by atoms with E-state index in [1.165, 1.54) is 11.1 Å². The number of hydrogen-bond donors (Lipinski definition) is 1. The number of anilines is 2. The molecule has 2 aromatic rings. The van der Waals surface area contributed by atoms with Crippen molar-refractivity contribution in [3.8, 4) is 6.07 Å². The van der Waals surface area contributed by atoms with Crippen LogP contribution in [0.3, 0.4) is 0 Å². The van der Waals surface area contributed by atoms with E-state index in [4.69, 9.17) is 17.5 Å². The topological polar surface area (TPSA) is 55.2 Å². The summed E-state index contributed by atoms with van der Waals surface area (Å²) in [4.78, 5) is 8.77. The van der Waals surface area contributed by atoms with E-state index >= 15 is 0 Å². The highest BCUT2D eigenvalue weighted by Crippen LogP contribution is 2.17. The second-order valence-electron chi connectivity index (χ2n) is 6.22. The Kier molecular flexibility index (Phi) is 5.15. The second-order valence-corrected chi connectivity index (χ2v) is 6.61. The van der Waals surface area contributed by atoms with E-state index < -0.39 is 0 Å². The fraction of sp³-hybridized carbons (Fsp3) is 0.316. The molecule has 2 heterocycles. The third kappa shape index (κ3) is 4.06. The molecule has 0 unspecified atom stereocenters. The van der Waals surface area contributed by atoms with E-state index in [0.717, 1.165) is 42.8 Å². The van der Waals surface area contributed by atoms with Crippen molar-refractivity contribution < 1.29 is 0 Å². The first-order valence-corrected chi connectivity index (χ1v) is 8.72. The second kappa shape index (κ2) is 7.49. The smallest absolute Gasteiger partial charge is 0.173 e. The van der Waals surface area contributed by atoms with Gasteiger partial charge < -0.3 is 15.1 Å². The first-order valence-electron chi connectivity index (χ1n) is 8.31. The van der Waals surface area contributed by atoms with Crippen LogP contribution in [0.4, 0.5) is 11.5 Å². The summed E-state index contributed by atoms with van der Waals surface area (Å²) in [7, 11) is 0. The minimum atomic E-state index is 0.584. The zero-order chi connectivity index (χ0) is 17.8. The molecule has 0 radical (unpaired) electrons. The van der Waals surface area contributed by atoms with E-state index in [2.05, 4.69) is 58.2 Å². The van der Waals surface area contributed by atoms with Gasteiger partial charge in [0.1, 0.15) is 11.9 Å². The Balaban J connectivity index is 1.56. The van der Waals surface area contributed by atoms with Gasteiger partial charge in [-0.15, -0.1) is 0 Å². The van der Waals surface area contributed by atoms with Crippen LogP contribution in [0.2, 0.25) is 0 Å². The number of benzene rings is 1. The zero-order valence-electron chi connectivity index (χ0n) is 14.5. The maximum absolute atomic E-state index is 8.86. The number of pyridine rings is 1. The Morgan fingerprint density at radius 3 is 2.48 bits per heavy atom. The van der Waals surface area contributed by atoms with Gasteiger partial charge in [0.25, 0.3) is 0 Å². The highest BCUT2D eigenvalue weighted by Gasteiger charge is 2.20. The minimum Gasteiger partial charge on any atom is -0.353 e. The van der Waals surface area contributed by atoms with E-state index in [-0.39, 0.29) is 0 Å². The molecule has 0 atom stereocenters. The fourth-order valence-corrected chi connectivity index (χ4v) is 3.10. The number of nitriles is 1. The van der Waals surface area contributed by atoms with Crippen LogP contribution in [0.5, 0.6) is 0 Å². The summed E-state index contributed by atoms with van der Waals surface area (Å²) in [6, 6.07) is 12.1. The molecule has 0 spiro atoms. The summed E-state index contributed by atoms with van der Waals surface area (Å²) < 4.78 is 0. The number of rotatable bonds is 2. The molecule has 0 saturated carbocycles. The Hall–Kier alpha value is -2.65. The van der Waals surface area contributed by atoms with Crippen LogP contribution in [0.25, 0.3) is 0 Å². The average Bonchev–Trinajstić information content (AvgIpc) is 2.65. The molecule has 5 nitrogen and oxygen atoms in total. The molecule has 0 bridgehead atoms. The first kappa shape index (κ1) is 17.2. The number of thiocarbonyl (C=S) groups is 1. The van der Waals surface area contributed by atoms with Crippen molar-refractivity contribution in [2.24, 2.45) is 0 Å². The highest BCUT2D eigenvalue weighted by atomic mass is 32.1. The Labute approximate surface area is 153 Å². The Morgan fingerprint density at radius 2 is 1.88 bits per heavy atom. The van der Waals surface area contributed by atoms with Crippen LogP contribution >= 0.6 is 12.2 Å². The van der Waals surface area contributed by atoms with Gasteiger partial charge in [-0.2, -0.15) is 5.26 Å². The van der Waals surface area contributed by atoms with E-state index in [0.29, 0.717) is 5.56 Å². The van der Waals surface area contributed by atoms with Crippen LogP contribution in [-0.2, 0) is 0 Å². The molecule has 0 amide bonds. The molecule has 0 aliphatic carbocycles. The van der Waals surface area contributed by atoms with Crippen LogP contribution in [0, 0.1) is 25.2 Å². The molecule has 1 aromatic heterocycles. The molecule has 25 heavy (non-hydrogen) atoms. The molecule has 128 valence electrons. The summed E-state index contributed by atoms with van der Waals surface area (Å²) in [6.45, 7) is 7.61. The number of aryl methyl sites for hydroxylation is 2. The van der Waals surface area contributed by atoms with Gasteiger partial charge in [0, 0.05) is 38.1 Å². The summed E-state index contributed by atoms with van der Waals surface area (Å²) >= 11 is 5.56. The molecule has 1 aliphatic heterocycles. The predicted molar refractivity (Wildman–Crippen MR) is 105 cm³/mol. The molecule has 1 aromatic carbocycles. The van der Waals surface area contributed by atoms with E-state index in [1.807, 2.05) is 6.07 Å². The molecule has 6 heteroatoms. The zero-order valence-corrected chi connectivity index (χ0v) is 15.3. The third-order valence-corrected chi connectivity index (χ3v) is 4.89. The summed E-state index contributed by atoms with van der Waals surface area (Å²) in [5, 5.41) is 13.0. The molecule has 1 aliphatic rings. The summed E-state index contributed by atoms with van der Waals surface area (Å²) in [6.07, 6.45) is 1.62. The van der Waals surface area contributed by atoms with E-state index in [1.54, 1.807) is 12.3 Å². The van der Waals surface area contributed by atoms with Gasteiger partial charge in [0.05, 0.1) is 5.56 Å². The SMILES string of the molecule is Cc1ccc(NC(=S)N2CCN(c3ccc(C#N)cn3)CC2)cc1C. The largest absolute Gasteiger partial charge is 0.353 e. The average molecular weight is 351 g/mol. The number of hydrogen-bond acceptors (Lipinski definition) is 4. The van der Waals surface area contributed by atoms with Crippen molar-refractivity contribution in [1.82, 2.24) is 9.88 Å². The van der Waals surface area contributed by atoms with Gasteiger partial charge in [-0.25, -0.2) is 4.98 Å². The van der Waals surface area contributed by atoms with Gasteiger partial charge in [-0.05, 0) is 61.5 Å². The van der Waals surface area contributed by atoms with Crippen LogP contribution < -0.4 is 10.2 Å². The number of nitrogens with one attached hydrogen (secondary N) is 1. The monoisotopic (exact) mass is 351 g/mol. The molecular weight excluding hydrogens is 330 g/mol. The lowest BCUT2D eigenvalue weighted by molar-refractivity contribution is 0.389. The minimum absolute atomic E-state index is 0.584. The van der Waals surface area contributed by atoms with Gasteiger partial charge in [0.2, 0.25) is 0 Å². The maximum atomic E-state index is 8.86. The normalized spacial score (nSPS) is 14.1.